The Bertz CT molecular complexity index is 1040. The van der Waals surface area contributed by atoms with Crippen LogP contribution < -0.4 is 0 Å². The SMILES string of the molecule is CCCCc1cn(-c2ccc(-c3nnc(-c4ccccc4F)o3)cc2)nn1. The third-order valence-electron chi connectivity index (χ3n) is 4.24. The van der Waals surface area contributed by atoms with Crippen molar-refractivity contribution in [2.75, 3.05) is 0 Å². The minimum atomic E-state index is -0.395. The standard InChI is InChI=1S/C20H18FN5O/c1-2-3-6-15-13-26(25-22-15)16-11-9-14(10-12-16)19-23-24-20(27-19)17-7-4-5-8-18(17)21/h4-5,7-13H,2-3,6H2,1H3. The van der Waals surface area contributed by atoms with E-state index in [1.807, 2.05) is 30.5 Å². The zero-order valence-electron chi connectivity index (χ0n) is 14.8. The van der Waals surface area contributed by atoms with Crippen molar-refractivity contribution < 1.29 is 8.81 Å². The van der Waals surface area contributed by atoms with E-state index in [9.17, 15) is 4.39 Å². The predicted molar refractivity (Wildman–Crippen MR) is 98.7 cm³/mol. The summed E-state index contributed by atoms with van der Waals surface area (Å²) in [6.07, 6.45) is 5.09. The monoisotopic (exact) mass is 363 g/mol. The Morgan fingerprint density at radius 2 is 1.74 bits per heavy atom. The molecular weight excluding hydrogens is 345 g/mol. The number of aromatic nitrogens is 5. The molecule has 0 radical (unpaired) electrons. The molecule has 0 atom stereocenters. The highest BCUT2D eigenvalue weighted by Crippen LogP contribution is 2.26. The molecule has 0 amide bonds. The number of hydrogen-bond acceptors (Lipinski definition) is 5. The zero-order chi connectivity index (χ0) is 18.6. The molecule has 136 valence electrons. The minimum absolute atomic E-state index is 0.156. The van der Waals surface area contributed by atoms with Crippen LogP contribution in [0.5, 0.6) is 0 Å². The maximum absolute atomic E-state index is 13.9. The highest BCUT2D eigenvalue weighted by molar-refractivity contribution is 5.59. The summed E-state index contributed by atoms with van der Waals surface area (Å²) >= 11 is 0. The molecule has 0 unspecified atom stereocenters. The molecule has 0 fully saturated rings. The Morgan fingerprint density at radius 1 is 0.963 bits per heavy atom. The Balaban J connectivity index is 1.54. The third-order valence-corrected chi connectivity index (χ3v) is 4.24. The fourth-order valence-electron chi connectivity index (χ4n) is 2.74. The van der Waals surface area contributed by atoms with Crippen molar-refractivity contribution in [2.24, 2.45) is 0 Å². The van der Waals surface area contributed by atoms with Gasteiger partial charge in [-0.05, 0) is 49.2 Å². The molecule has 0 aliphatic rings. The smallest absolute Gasteiger partial charge is 0.251 e. The largest absolute Gasteiger partial charge is 0.416 e. The van der Waals surface area contributed by atoms with Gasteiger partial charge in [0.2, 0.25) is 5.89 Å². The number of hydrogen-bond donors (Lipinski definition) is 0. The second-order valence-electron chi connectivity index (χ2n) is 6.20. The van der Waals surface area contributed by atoms with Crippen molar-refractivity contribution in [3.8, 4) is 28.6 Å². The van der Waals surface area contributed by atoms with Gasteiger partial charge in [0, 0.05) is 5.56 Å². The topological polar surface area (TPSA) is 69.6 Å². The minimum Gasteiger partial charge on any atom is -0.416 e. The van der Waals surface area contributed by atoms with E-state index in [2.05, 4.69) is 27.4 Å². The number of unbranched alkanes of at least 4 members (excludes halogenated alkanes) is 1. The van der Waals surface area contributed by atoms with Crippen LogP contribution in [0, 0.1) is 5.82 Å². The molecule has 0 spiro atoms. The summed E-state index contributed by atoms with van der Waals surface area (Å²) in [5, 5.41) is 16.3. The number of benzene rings is 2. The molecule has 7 heteroatoms. The molecule has 4 rings (SSSR count). The van der Waals surface area contributed by atoms with Gasteiger partial charge in [0.05, 0.1) is 23.1 Å². The van der Waals surface area contributed by atoms with Gasteiger partial charge in [0.25, 0.3) is 5.89 Å². The van der Waals surface area contributed by atoms with Crippen LogP contribution in [0.2, 0.25) is 0 Å². The second kappa shape index (κ2) is 7.49. The Labute approximate surface area is 155 Å². The van der Waals surface area contributed by atoms with Crippen LogP contribution in [0.4, 0.5) is 4.39 Å². The molecule has 27 heavy (non-hydrogen) atoms. The lowest BCUT2D eigenvalue weighted by atomic mass is 10.2. The van der Waals surface area contributed by atoms with Crippen molar-refractivity contribution in [1.29, 1.82) is 0 Å². The van der Waals surface area contributed by atoms with Crippen molar-refractivity contribution >= 4 is 0 Å². The van der Waals surface area contributed by atoms with E-state index >= 15 is 0 Å². The number of nitrogens with zero attached hydrogens (tertiary/aromatic N) is 5. The van der Waals surface area contributed by atoms with Gasteiger partial charge in [-0.1, -0.05) is 30.7 Å². The van der Waals surface area contributed by atoms with Crippen LogP contribution in [0.1, 0.15) is 25.5 Å². The van der Waals surface area contributed by atoms with Gasteiger partial charge in [-0.15, -0.1) is 15.3 Å². The van der Waals surface area contributed by atoms with Crippen molar-refractivity contribution in [3.05, 3.63) is 66.2 Å². The van der Waals surface area contributed by atoms with E-state index < -0.39 is 5.82 Å². The van der Waals surface area contributed by atoms with Crippen molar-refractivity contribution in [2.45, 2.75) is 26.2 Å². The maximum atomic E-state index is 13.9. The average molecular weight is 363 g/mol. The summed E-state index contributed by atoms with van der Waals surface area (Å²) in [4.78, 5) is 0. The predicted octanol–water partition coefficient (Wildman–Crippen LogP) is 4.47. The third kappa shape index (κ3) is 3.62. The second-order valence-corrected chi connectivity index (χ2v) is 6.20. The van der Waals surface area contributed by atoms with Gasteiger partial charge >= 0.3 is 0 Å². The maximum Gasteiger partial charge on any atom is 0.251 e. The van der Waals surface area contributed by atoms with Gasteiger partial charge < -0.3 is 4.42 Å². The highest BCUT2D eigenvalue weighted by atomic mass is 19.1. The molecule has 0 saturated heterocycles. The van der Waals surface area contributed by atoms with Gasteiger partial charge in [-0.3, -0.25) is 0 Å². The molecule has 6 nitrogen and oxygen atoms in total. The van der Waals surface area contributed by atoms with Crippen LogP contribution in [0.15, 0.2) is 59.1 Å². The van der Waals surface area contributed by atoms with Crippen LogP contribution in [0.3, 0.4) is 0 Å². The van der Waals surface area contributed by atoms with E-state index in [-0.39, 0.29) is 11.5 Å². The summed E-state index contributed by atoms with van der Waals surface area (Å²) in [7, 11) is 0. The summed E-state index contributed by atoms with van der Waals surface area (Å²) in [6, 6.07) is 13.8. The van der Waals surface area contributed by atoms with Crippen molar-refractivity contribution in [1.82, 2.24) is 25.2 Å². The normalized spacial score (nSPS) is 11.0. The van der Waals surface area contributed by atoms with Crippen LogP contribution in [0.25, 0.3) is 28.6 Å². The average Bonchev–Trinajstić information content (AvgIpc) is 3.37. The van der Waals surface area contributed by atoms with Crippen LogP contribution in [-0.2, 0) is 6.42 Å². The molecule has 4 aromatic rings. The number of rotatable bonds is 6. The molecule has 0 aliphatic carbocycles. The van der Waals surface area contributed by atoms with E-state index in [1.54, 1.807) is 22.9 Å². The zero-order valence-corrected chi connectivity index (χ0v) is 14.8. The summed E-state index contributed by atoms with van der Waals surface area (Å²) < 4.78 is 21.2. The van der Waals surface area contributed by atoms with Crippen LogP contribution in [-0.4, -0.2) is 25.2 Å². The van der Waals surface area contributed by atoms with Gasteiger partial charge in [-0.2, -0.15) is 0 Å². The Hall–Kier alpha value is -3.35. The summed E-state index contributed by atoms with van der Waals surface area (Å²) in [6.45, 7) is 2.15. The van der Waals surface area contributed by atoms with Gasteiger partial charge in [-0.25, -0.2) is 9.07 Å². The van der Waals surface area contributed by atoms with E-state index in [4.69, 9.17) is 4.42 Å². The lowest BCUT2D eigenvalue weighted by molar-refractivity contribution is 0.570. The summed E-state index contributed by atoms with van der Waals surface area (Å²) in [5.41, 5.74) is 2.91. The molecule has 2 aromatic heterocycles. The molecule has 0 aliphatic heterocycles. The number of halogens is 1. The van der Waals surface area contributed by atoms with Gasteiger partial charge in [0.15, 0.2) is 0 Å². The van der Waals surface area contributed by atoms with Crippen molar-refractivity contribution in [3.63, 3.8) is 0 Å². The quantitative estimate of drug-likeness (QED) is 0.506. The summed E-state index contributed by atoms with van der Waals surface area (Å²) in [5.74, 6) is 0.0964. The Morgan fingerprint density at radius 3 is 2.52 bits per heavy atom. The van der Waals surface area contributed by atoms with E-state index in [1.165, 1.54) is 6.07 Å². The van der Waals surface area contributed by atoms with Crippen LogP contribution >= 0.6 is 0 Å². The Kier molecular flexibility index (Phi) is 4.74. The molecule has 0 N–H and O–H groups in total. The fourth-order valence-corrected chi connectivity index (χ4v) is 2.74. The molecule has 0 saturated carbocycles. The first-order valence-electron chi connectivity index (χ1n) is 8.85. The first-order valence-corrected chi connectivity index (χ1v) is 8.85. The van der Waals surface area contributed by atoms with E-state index in [0.29, 0.717) is 5.89 Å². The lowest BCUT2D eigenvalue weighted by Crippen LogP contribution is -1.94. The molecule has 2 heterocycles. The number of aryl methyl sites for hydroxylation is 1. The lowest BCUT2D eigenvalue weighted by Gasteiger charge is -2.01. The first kappa shape index (κ1) is 17.1. The van der Waals surface area contributed by atoms with E-state index in [0.717, 1.165) is 36.2 Å². The van der Waals surface area contributed by atoms with Gasteiger partial charge in [0.1, 0.15) is 5.82 Å². The molecule has 0 bridgehead atoms. The first-order chi connectivity index (χ1) is 13.2. The molecular formula is C20H18FN5O. The fraction of sp³-hybridized carbons (Fsp3) is 0.200. The highest BCUT2D eigenvalue weighted by Gasteiger charge is 2.14. The molecule has 2 aromatic carbocycles.